The van der Waals surface area contributed by atoms with Crippen LogP contribution in [0.15, 0.2) is 51.8 Å². The molecule has 0 spiro atoms. The van der Waals surface area contributed by atoms with Gasteiger partial charge in [0.1, 0.15) is 10.8 Å². The van der Waals surface area contributed by atoms with E-state index in [-0.39, 0.29) is 5.91 Å². The van der Waals surface area contributed by atoms with Gasteiger partial charge in [-0.1, -0.05) is 30.3 Å². The second kappa shape index (κ2) is 5.88. The molecule has 2 N–H and O–H groups in total. The van der Waals surface area contributed by atoms with E-state index in [1.165, 1.54) is 6.92 Å². The van der Waals surface area contributed by atoms with E-state index in [0.717, 1.165) is 21.8 Å². The summed E-state index contributed by atoms with van der Waals surface area (Å²) < 4.78 is 0. The molecule has 0 saturated carbocycles. The number of hydrogen-bond acceptors (Lipinski definition) is 5. The fourth-order valence-corrected chi connectivity index (χ4v) is 2.82. The number of aliphatic imine (C=N–C) groups is 2. The second-order valence-electron chi connectivity index (χ2n) is 4.53. The minimum atomic E-state index is -0.166. The van der Waals surface area contributed by atoms with E-state index in [0.29, 0.717) is 12.4 Å². The summed E-state index contributed by atoms with van der Waals surface area (Å²) in [5, 5.41) is 2.89. The molecule has 0 bridgehead atoms. The van der Waals surface area contributed by atoms with Crippen LogP contribution in [-0.4, -0.2) is 24.0 Å². The maximum absolute atomic E-state index is 11.0. The number of carbonyl (C=O) groups excluding carboxylic acids is 1. The number of amides is 1. The van der Waals surface area contributed by atoms with Gasteiger partial charge in [-0.2, -0.15) is 0 Å². The first-order chi connectivity index (χ1) is 10.2. The van der Waals surface area contributed by atoms with Gasteiger partial charge in [-0.3, -0.25) is 20.6 Å². The molecule has 6 heteroatoms. The number of fused-ring (bicyclic) bond motifs is 1. The lowest BCUT2D eigenvalue weighted by Crippen LogP contribution is -2.41. The summed E-state index contributed by atoms with van der Waals surface area (Å²) in [6.45, 7) is 1.84. The van der Waals surface area contributed by atoms with Crippen LogP contribution >= 0.6 is 11.3 Å². The van der Waals surface area contributed by atoms with Crippen molar-refractivity contribution in [2.75, 3.05) is 6.54 Å². The average molecular weight is 298 g/mol. The molecule has 0 atom stereocenters. The lowest BCUT2D eigenvalue weighted by Gasteiger charge is -2.06. The summed E-state index contributed by atoms with van der Waals surface area (Å²) in [6.07, 6.45) is 0. The quantitative estimate of drug-likeness (QED) is 0.793. The van der Waals surface area contributed by atoms with Gasteiger partial charge in [0, 0.05) is 18.1 Å². The molecule has 1 aliphatic rings. The molecule has 0 saturated heterocycles. The normalized spacial score (nSPS) is 13.6. The highest BCUT2D eigenvalue weighted by Gasteiger charge is 2.17. The van der Waals surface area contributed by atoms with Gasteiger partial charge >= 0.3 is 0 Å². The molecule has 1 aromatic heterocycles. The molecule has 106 valence electrons. The fourth-order valence-electron chi connectivity index (χ4n) is 2.04. The van der Waals surface area contributed by atoms with Crippen molar-refractivity contribution in [2.24, 2.45) is 9.98 Å². The van der Waals surface area contributed by atoms with Gasteiger partial charge in [-0.15, -0.1) is 11.3 Å². The molecule has 0 aliphatic carbocycles. The summed E-state index contributed by atoms with van der Waals surface area (Å²) in [5.74, 6) is 0.459. The second-order valence-corrected chi connectivity index (χ2v) is 5.43. The lowest BCUT2D eigenvalue weighted by molar-refractivity contribution is -0.119. The van der Waals surface area contributed by atoms with Gasteiger partial charge in [0.15, 0.2) is 0 Å². The Balaban J connectivity index is 1.95. The van der Waals surface area contributed by atoms with Crippen molar-refractivity contribution >= 4 is 33.8 Å². The van der Waals surface area contributed by atoms with Crippen molar-refractivity contribution in [3.05, 3.63) is 52.9 Å². The number of carbonyl (C=O) groups is 1. The summed E-state index contributed by atoms with van der Waals surface area (Å²) in [7, 11) is 0. The van der Waals surface area contributed by atoms with Gasteiger partial charge in [0.25, 0.3) is 0 Å². The average Bonchev–Trinajstić information content (AvgIpc) is 2.87. The van der Waals surface area contributed by atoms with E-state index < -0.39 is 0 Å². The van der Waals surface area contributed by atoms with Gasteiger partial charge in [-0.05, 0) is 11.4 Å². The minimum Gasteiger partial charge on any atom is -0.284 e. The van der Waals surface area contributed by atoms with Gasteiger partial charge in [0.05, 0.1) is 12.3 Å². The predicted octanol–water partition coefficient (Wildman–Crippen LogP) is 2.27. The minimum absolute atomic E-state index is 0.166. The molecule has 1 aromatic carbocycles. The molecule has 3 rings (SSSR count). The molecule has 1 aliphatic heterocycles. The molecule has 21 heavy (non-hydrogen) atoms. The first-order valence-electron chi connectivity index (χ1n) is 6.52. The fraction of sp³-hybridized carbons (Fsp3) is 0.133. The van der Waals surface area contributed by atoms with Crippen LogP contribution in [0.1, 0.15) is 18.1 Å². The van der Waals surface area contributed by atoms with Crippen molar-refractivity contribution in [1.29, 1.82) is 0 Å². The number of amidine groups is 1. The molecule has 2 aromatic rings. The van der Waals surface area contributed by atoms with Crippen LogP contribution in [0.5, 0.6) is 0 Å². The van der Waals surface area contributed by atoms with Gasteiger partial charge < -0.3 is 0 Å². The zero-order valence-electron chi connectivity index (χ0n) is 11.5. The van der Waals surface area contributed by atoms with E-state index in [2.05, 4.69) is 20.8 Å². The molecule has 0 unspecified atom stereocenters. The standard InChI is InChI=1S/C15H14N4OS/c1-10(20)18-19-13-9-16-14(11-5-3-2-4-6-11)12-7-8-21-15(12)17-13/h2-8H,9H2,1H3,(H,17,19)(H,18,20). The zero-order chi connectivity index (χ0) is 14.7. The Bertz CT molecular complexity index is 718. The van der Waals surface area contributed by atoms with Crippen LogP contribution in [0.4, 0.5) is 5.00 Å². The molecular formula is C15H14N4OS. The lowest BCUT2D eigenvalue weighted by atomic mass is 10.0. The van der Waals surface area contributed by atoms with Crippen LogP contribution in [0.3, 0.4) is 0 Å². The third-order valence-corrected chi connectivity index (χ3v) is 3.76. The van der Waals surface area contributed by atoms with E-state index in [4.69, 9.17) is 0 Å². The number of thiophene rings is 1. The Hall–Kier alpha value is -2.47. The largest absolute Gasteiger partial charge is 0.284 e. The molecular weight excluding hydrogens is 284 g/mol. The van der Waals surface area contributed by atoms with Crippen LogP contribution in [0.25, 0.3) is 0 Å². The maximum Gasteiger partial charge on any atom is 0.235 e. The van der Waals surface area contributed by atoms with E-state index >= 15 is 0 Å². The van der Waals surface area contributed by atoms with Crippen molar-refractivity contribution < 1.29 is 4.79 Å². The Morgan fingerprint density at radius 3 is 2.81 bits per heavy atom. The number of nitrogens with zero attached hydrogens (tertiary/aromatic N) is 2. The molecule has 5 nitrogen and oxygen atoms in total. The topological polar surface area (TPSA) is 65.8 Å². The van der Waals surface area contributed by atoms with Crippen LogP contribution in [0, 0.1) is 0 Å². The Labute approximate surface area is 126 Å². The van der Waals surface area contributed by atoms with E-state index in [1.54, 1.807) is 11.3 Å². The summed E-state index contributed by atoms with van der Waals surface area (Å²) in [4.78, 5) is 20.2. The molecule has 0 radical (unpaired) electrons. The monoisotopic (exact) mass is 298 g/mol. The highest BCUT2D eigenvalue weighted by Crippen LogP contribution is 2.30. The molecule has 1 amide bonds. The third-order valence-electron chi connectivity index (χ3n) is 2.95. The Morgan fingerprint density at radius 1 is 1.24 bits per heavy atom. The van der Waals surface area contributed by atoms with Crippen molar-refractivity contribution in [1.82, 2.24) is 10.9 Å². The highest BCUT2D eigenvalue weighted by atomic mass is 32.1. The first kappa shape index (κ1) is 13.5. The summed E-state index contributed by atoms with van der Waals surface area (Å²) in [6, 6.07) is 12.1. The maximum atomic E-state index is 11.0. The van der Waals surface area contributed by atoms with E-state index in [9.17, 15) is 4.79 Å². The van der Waals surface area contributed by atoms with Crippen molar-refractivity contribution in [2.45, 2.75) is 6.92 Å². The molecule has 0 fully saturated rings. The van der Waals surface area contributed by atoms with Gasteiger partial charge in [0.2, 0.25) is 5.91 Å². The SMILES string of the molecule is CC(=O)NNC1=Nc2sccc2C(c2ccccc2)=NC1. The van der Waals surface area contributed by atoms with E-state index in [1.807, 2.05) is 41.8 Å². The smallest absolute Gasteiger partial charge is 0.235 e. The summed E-state index contributed by atoms with van der Waals surface area (Å²) >= 11 is 1.55. The third kappa shape index (κ3) is 3.00. The Kier molecular flexibility index (Phi) is 3.79. The predicted molar refractivity (Wildman–Crippen MR) is 85.3 cm³/mol. The number of hydrazine groups is 1. The first-order valence-corrected chi connectivity index (χ1v) is 7.40. The number of hydrogen-bond donors (Lipinski definition) is 2. The summed E-state index contributed by atoms with van der Waals surface area (Å²) in [5.41, 5.74) is 8.36. The number of benzene rings is 1. The van der Waals surface area contributed by atoms with Crippen molar-refractivity contribution in [3.8, 4) is 0 Å². The van der Waals surface area contributed by atoms with Crippen molar-refractivity contribution in [3.63, 3.8) is 0 Å². The van der Waals surface area contributed by atoms with Crippen LogP contribution in [0.2, 0.25) is 0 Å². The van der Waals surface area contributed by atoms with Crippen LogP contribution < -0.4 is 10.9 Å². The van der Waals surface area contributed by atoms with Gasteiger partial charge in [-0.25, -0.2) is 4.99 Å². The zero-order valence-corrected chi connectivity index (χ0v) is 12.3. The van der Waals surface area contributed by atoms with Crippen LogP contribution in [-0.2, 0) is 4.79 Å². The highest BCUT2D eigenvalue weighted by molar-refractivity contribution is 7.14. The number of nitrogens with one attached hydrogen (secondary N) is 2. The Morgan fingerprint density at radius 2 is 2.05 bits per heavy atom. The number of rotatable bonds is 1. The molecule has 2 heterocycles.